The van der Waals surface area contributed by atoms with E-state index in [1.165, 1.54) is 7.05 Å². The number of H-pyrrole nitrogens is 1. The van der Waals surface area contributed by atoms with Crippen LogP contribution in [0.25, 0.3) is 0 Å². The smallest absolute Gasteiger partial charge is 0.353 e. The second-order valence-corrected chi connectivity index (χ2v) is 5.74. The summed E-state index contributed by atoms with van der Waals surface area (Å²) in [5.41, 5.74) is -0.236. The second kappa shape index (κ2) is 4.62. The zero-order chi connectivity index (χ0) is 14.2. The molecule has 0 aliphatic carbocycles. The molecule has 0 bridgehead atoms. The standard InChI is InChI=1S/C7H7BrN6O4S/c1-14-6(5(8)11-13-14)19(17,18)12-4-2-3(7(15)16)9-10-4/h2H,1H3,(H,15,16)(H2,9,10,12). The number of rotatable bonds is 4. The van der Waals surface area contributed by atoms with E-state index in [1.54, 1.807) is 0 Å². The molecular weight excluding hydrogens is 344 g/mol. The van der Waals surface area contributed by atoms with Crippen molar-refractivity contribution in [2.75, 3.05) is 4.72 Å². The van der Waals surface area contributed by atoms with Crippen LogP contribution in [0.1, 0.15) is 10.5 Å². The molecule has 0 radical (unpaired) electrons. The molecule has 0 unspecified atom stereocenters. The molecular formula is C7H7BrN6O4S. The summed E-state index contributed by atoms with van der Waals surface area (Å²) in [6.45, 7) is 0. The van der Waals surface area contributed by atoms with Gasteiger partial charge < -0.3 is 5.11 Å². The molecule has 2 aromatic rings. The van der Waals surface area contributed by atoms with E-state index in [0.29, 0.717) is 0 Å². The van der Waals surface area contributed by atoms with Gasteiger partial charge in [-0.25, -0.2) is 9.48 Å². The van der Waals surface area contributed by atoms with Crippen LogP contribution >= 0.6 is 15.9 Å². The lowest BCUT2D eigenvalue weighted by molar-refractivity contribution is 0.0690. The normalized spacial score (nSPS) is 11.5. The molecule has 2 heterocycles. The summed E-state index contributed by atoms with van der Waals surface area (Å²) in [5.74, 6) is -1.40. The number of anilines is 1. The van der Waals surface area contributed by atoms with Crippen LogP contribution in [-0.2, 0) is 17.1 Å². The lowest BCUT2D eigenvalue weighted by Crippen LogP contribution is -2.17. The van der Waals surface area contributed by atoms with Gasteiger partial charge >= 0.3 is 5.97 Å². The van der Waals surface area contributed by atoms with E-state index in [0.717, 1.165) is 10.7 Å². The van der Waals surface area contributed by atoms with Crippen molar-refractivity contribution in [3.63, 3.8) is 0 Å². The molecule has 0 fully saturated rings. The molecule has 0 atom stereocenters. The zero-order valence-corrected chi connectivity index (χ0v) is 11.7. The summed E-state index contributed by atoms with van der Waals surface area (Å²) in [7, 11) is -2.58. The molecule has 0 aliphatic heterocycles. The van der Waals surface area contributed by atoms with Gasteiger partial charge in [-0.1, -0.05) is 5.21 Å². The van der Waals surface area contributed by atoms with Crippen molar-refractivity contribution in [3.05, 3.63) is 16.4 Å². The number of aromatic nitrogens is 5. The third-order valence-electron chi connectivity index (χ3n) is 2.04. The molecule has 2 rings (SSSR count). The highest BCUT2D eigenvalue weighted by atomic mass is 79.9. The Morgan fingerprint density at radius 3 is 2.74 bits per heavy atom. The fourth-order valence-electron chi connectivity index (χ4n) is 1.28. The van der Waals surface area contributed by atoms with Gasteiger partial charge in [-0.2, -0.15) is 13.5 Å². The van der Waals surface area contributed by atoms with Crippen LogP contribution in [-0.4, -0.2) is 44.7 Å². The lowest BCUT2D eigenvalue weighted by atomic mass is 10.4. The number of sulfonamides is 1. The van der Waals surface area contributed by atoms with Crippen LogP contribution in [0.2, 0.25) is 0 Å². The molecule has 0 amide bonds. The largest absolute Gasteiger partial charge is 0.477 e. The maximum atomic E-state index is 12.0. The monoisotopic (exact) mass is 350 g/mol. The topological polar surface area (TPSA) is 143 Å². The second-order valence-electron chi connectivity index (χ2n) is 3.39. The Labute approximate surface area is 115 Å². The van der Waals surface area contributed by atoms with Crippen molar-refractivity contribution in [2.45, 2.75) is 5.03 Å². The van der Waals surface area contributed by atoms with Gasteiger partial charge in [-0.05, 0) is 15.9 Å². The van der Waals surface area contributed by atoms with Crippen LogP contribution in [0.5, 0.6) is 0 Å². The first-order valence-electron chi connectivity index (χ1n) is 4.68. The molecule has 102 valence electrons. The van der Waals surface area contributed by atoms with Crippen molar-refractivity contribution in [2.24, 2.45) is 7.05 Å². The van der Waals surface area contributed by atoms with E-state index in [2.05, 4.69) is 41.2 Å². The molecule has 19 heavy (non-hydrogen) atoms. The molecule has 3 N–H and O–H groups in total. The van der Waals surface area contributed by atoms with Gasteiger partial charge in [-0.3, -0.25) is 9.82 Å². The maximum absolute atomic E-state index is 12.0. The number of aryl methyl sites for hydroxylation is 1. The molecule has 2 aromatic heterocycles. The Morgan fingerprint density at radius 1 is 1.58 bits per heavy atom. The first-order valence-corrected chi connectivity index (χ1v) is 6.95. The number of carboxylic acids is 1. The van der Waals surface area contributed by atoms with Gasteiger partial charge in [0.2, 0.25) is 5.03 Å². The number of hydrogen-bond donors (Lipinski definition) is 3. The number of nitrogens with one attached hydrogen (secondary N) is 2. The number of nitrogens with zero attached hydrogens (tertiary/aromatic N) is 4. The quantitative estimate of drug-likeness (QED) is 0.692. The Hall–Kier alpha value is -1.95. The van der Waals surface area contributed by atoms with Crippen LogP contribution in [0.4, 0.5) is 5.82 Å². The van der Waals surface area contributed by atoms with Crippen molar-refractivity contribution in [1.29, 1.82) is 0 Å². The van der Waals surface area contributed by atoms with Crippen molar-refractivity contribution in [3.8, 4) is 0 Å². The highest BCUT2D eigenvalue weighted by Crippen LogP contribution is 2.20. The molecule has 12 heteroatoms. The predicted molar refractivity (Wildman–Crippen MR) is 65.1 cm³/mol. The summed E-state index contributed by atoms with van der Waals surface area (Å²) in [6.07, 6.45) is 0. The summed E-state index contributed by atoms with van der Waals surface area (Å²) >= 11 is 2.96. The fraction of sp³-hybridized carbons (Fsp3) is 0.143. The summed E-state index contributed by atoms with van der Waals surface area (Å²) in [4.78, 5) is 10.6. The number of carbonyl (C=O) groups is 1. The van der Waals surface area contributed by atoms with E-state index in [1.807, 2.05) is 0 Å². The Bertz CT molecular complexity index is 715. The number of aromatic amines is 1. The van der Waals surface area contributed by atoms with E-state index >= 15 is 0 Å². The number of aromatic carboxylic acids is 1. The predicted octanol–water partition coefficient (Wildman–Crippen LogP) is -0.200. The van der Waals surface area contributed by atoms with E-state index in [-0.39, 0.29) is 21.1 Å². The first kappa shape index (κ1) is 13.5. The highest BCUT2D eigenvalue weighted by Gasteiger charge is 2.25. The van der Waals surface area contributed by atoms with E-state index < -0.39 is 16.0 Å². The Kier molecular flexibility index (Phi) is 3.28. The van der Waals surface area contributed by atoms with Gasteiger partial charge in [0, 0.05) is 13.1 Å². The minimum absolute atomic E-state index is 0.0384. The van der Waals surface area contributed by atoms with E-state index in [4.69, 9.17) is 5.11 Å². The maximum Gasteiger partial charge on any atom is 0.353 e. The average molecular weight is 351 g/mol. The SMILES string of the molecule is Cn1nnc(Br)c1S(=O)(=O)Nc1cc(C(=O)O)[nH]n1. The Balaban J connectivity index is 2.34. The van der Waals surface area contributed by atoms with Crippen LogP contribution < -0.4 is 4.72 Å². The first-order chi connectivity index (χ1) is 8.81. The molecule has 0 spiro atoms. The zero-order valence-electron chi connectivity index (χ0n) is 9.32. The van der Waals surface area contributed by atoms with Gasteiger partial charge in [0.1, 0.15) is 5.69 Å². The van der Waals surface area contributed by atoms with Crippen molar-refractivity contribution >= 4 is 37.7 Å². The lowest BCUT2D eigenvalue weighted by Gasteiger charge is -2.04. The molecule has 0 aromatic carbocycles. The third-order valence-corrected chi connectivity index (χ3v) is 4.28. The molecule has 10 nitrogen and oxygen atoms in total. The minimum Gasteiger partial charge on any atom is -0.477 e. The van der Waals surface area contributed by atoms with Crippen LogP contribution in [0, 0.1) is 0 Å². The van der Waals surface area contributed by atoms with Crippen molar-refractivity contribution < 1.29 is 18.3 Å². The fourth-order valence-corrected chi connectivity index (χ4v) is 3.37. The number of halogens is 1. The highest BCUT2D eigenvalue weighted by molar-refractivity contribution is 9.10. The van der Waals surface area contributed by atoms with Crippen LogP contribution in [0.15, 0.2) is 15.7 Å². The minimum atomic E-state index is -3.98. The molecule has 0 aliphatic rings. The van der Waals surface area contributed by atoms with E-state index in [9.17, 15) is 13.2 Å². The van der Waals surface area contributed by atoms with Crippen LogP contribution in [0.3, 0.4) is 0 Å². The third kappa shape index (κ3) is 2.58. The van der Waals surface area contributed by atoms with Crippen molar-refractivity contribution in [1.82, 2.24) is 25.2 Å². The summed E-state index contributed by atoms with van der Waals surface area (Å²) < 4.78 is 27.3. The number of carboxylic acid groups (broad SMARTS) is 1. The van der Waals surface area contributed by atoms with Gasteiger partial charge in [-0.15, -0.1) is 5.10 Å². The average Bonchev–Trinajstić information content (AvgIpc) is 2.85. The van der Waals surface area contributed by atoms with Gasteiger partial charge in [0.25, 0.3) is 10.0 Å². The summed E-state index contributed by atoms with van der Waals surface area (Å²) in [5, 5.41) is 21.3. The van der Waals surface area contributed by atoms with Gasteiger partial charge in [0.15, 0.2) is 10.4 Å². The van der Waals surface area contributed by atoms with Gasteiger partial charge in [0.05, 0.1) is 0 Å². The Morgan fingerprint density at radius 2 is 2.26 bits per heavy atom. The molecule has 0 saturated heterocycles. The number of hydrogen-bond acceptors (Lipinski definition) is 6. The molecule has 0 saturated carbocycles. The summed E-state index contributed by atoms with van der Waals surface area (Å²) in [6, 6.07) is 1.05.